The molecule has 0 aromatic heterocycles. The van der Waals surface area contributed by atoms with Crippen molar-refractivity contribution in [1.29, 1.82) is 0 Å². The second-order valence-corrected chi connectivity index (χ2v) is 8.37. The zero-order valence-corrected chi connectivity index (χ0v) is 17.4. The summed E-state index contributed by atoms with van der Waals surface area (Å²) >= 11 is 6.23. The molecular weight excluding hydrogens is 422 g/mol. The lowest BCUT2D eigenvalue weighted by Gasteiger charge is -2.36. The number of piperazine rings is 1. The molecule has 4 N–H and O–H groups in total. The third-order valence-electron chi connectivity index (χ3n) is 5.83. The maximum Gasteiger partial charge on any atom is 0.168 e. The molecule has 1 saturated carbocycles. The van der Waals surface area contributed by atoms with Gasteiger partial charge in [0, 0.05) is 37.1 Å². The Hall–Kier alpha value is -2.97. The maximum atomic E-state index is 14.4. The first kappa shape index (κ1) is 20.0. The van der Waals surface area contributed by atoms with Crippen molar-refractivity contribution in [2.45, 2.75) is 18.4 Å². The molecule has 1 saturated heterocycles. The fourth-order valence-electron chi connectivity index (χ4n) is 4.00. The van der Waals surface area contributed by atoms with E-state index in [9.17, 15) is 8.78 Å². The van der Waals surface area contributed by atoms with Crippen molar-refractivity contribution in [1.82, 2.24) is 5.32 Å². The molecule has 160 valence electrons. The molecule has 1 spiro atoms. The van der Waals surface area contributed by atoms with Gasteiger partial charge in [-0.15, -0.1) is 0 Å². The van der Waals surface area contributed by atoms with Crippen LogP contribution < -0.4 is 21.3 Å². The number of halogens is 3. The summed E-state index contributed by atoms with van der Waals surface area (Å²) in [7, 11) is 0. The molecule has 1 aliphatic carbocycles. The minimum Gasteiger partial charge on any atom is -0.403 e. The maximum absolute atomic E-state index is 14.4. The molecule has 2 aromatic carbocycles. The number of fused-ring (bicyclic) bond motifs is 1. The van der Waals surface area contributed by atoms with Crippen LogP contribution in [0.4, 0.5) is 25.8 Å². The molecule has 0 radical (unpaired) electrons. The monoisotopic (exact) mass is 442 g/mol. The van der Waals surface area contributed by atoms with E-state index in [4.69, 9.17) is 17.3 Å². The lowest BCUT2D eigenvalue weighted by atomic mass is 10.1. The highest BCUT2D eigenvalue weighted by atomic mass is 35.5. The van der Waals surface area contributed by atoms with Gasteiger partial charge in [-0.25, -0.2) is 18.8 Å². The number of aliphatic imine (C=N–C) groups is 2. The zero-order chi connectivity index (χ0) is 21.6. The molecule has 2 heterocycles. The summed E-state index contributed by atoms with van der Waals surface area (Å²) in [6, 6.07) is 9.36. The molecule has 2 fully saturated rings. The van der Waals surface area contributed by atoms with Crippen LogP contribution in [-0.2, 0) is 0 Å². The number of nitrogens with one attached hydrogen (secondary N) is 2. The summed E-state index contributed by atoms with van der Waals surface area (Å²) in [5.41, 5.74) is 7.65. The summed E-state index contributed by atoms with van der Waals surface area (Å²) in [4.78, 5) is 11.1. The Morgan fingerprint density at radius 2 is 1.94 bits per heavy atom. The van der Waals surface area contributed by atoms with Gasteiger partial charge < -0.3 is 21.3 Å². The van der Waals surface area contributed by atoms with E-state index in [1.165, 1.54) is 25.1 Å². The standard InChI is InChI=1S/C22H21ClF2N6/c23-14(11-26)20-29-18-10-13(31-9-8-27-22(12-31)6-7-22)4-5-17(18)28-21(30-20)19-15(24)2-1-3-16(19)25/h1-5,10-11,27H,6-9,12,26H2,(H,28,29,30)/b14-11+. The summed E-state index contributed by atoms with van der Waals surface area (Å²) < 4.78 is 28.9. The van der Waals surface area contributed by atoms with Crippen LogP contribution in [0.15, 0.2) is 57.6 Å². The van der Waals surface area contributed by atoms with Gasteiger partial charge in [0.2, 0.25) is 0 Å². The minimum absolute atomic E-state index is 0.113. The number of nitrogens with zero attached hydrogens (tertiary/aromatic N) is 3. The fraction of sp³-hybridized carbons (Fsp3) is 0.273. The average molecular weight is 443 g/mol. The SMILES string of the molecule is N/C=C(/Cl)C1=NC(c2c(F)cccc2F)=Nc2ccc(N3CCNC4(CC4)C3)cc2N1. The van der Waals surface area contributed by atoms with Crippen LogP contribution in [0.3, 0.4) is 0 Å². The van der Waals surface area contributed by atoms with E-state index in [-0.39, 0.29) is 27.8 Å². The lowest BCUT2D eigenvalue weighted by molar-refractivity contribution is 0.442. The molecule has 0 amide bonds. The third-order valence-corrected chi connectivity index (χ3v) is 6.14. The molecule has 0 bridgehead atoms. The van der Waals surface area contributed by atoms with Gasteiger partial charge in [-0.2, -0.15) is 0 Å². The molecule has 0 atom stereocenters. The zero-order valence-electron chi connectivity index (χ0n) is 16.6. The molecule has 0 unspecified atom stereocenters. The summed E-state index contributed by atoms with van der Waals surface area (Å²) in [6.45, 7) is 2.75. The van der Waals surface area contributed by atoms with E-state index in [0.717, 1.165) is 37.5 Å². The van der Waals surface area contributed by atoms with E-state index in [1.54, 1.807) is 0 Å². The summed E-state index contributed by atoms with van der Waals surface area (Å²) in [6.07, 6.45) is 3.54. The second-order valence-electron chi connectivity index (χ2n) is 7.96. The van der Waals surface area contributed by atoms with Gasteiger partial charge in [-0.05, 0) is 43.2 Å². The van der Waals surface area contributed by atoms with Crippen LogP contribution in [0.5, 0.6) is 0 Å². The van der Waals surface area contributed by atoms with Gasteiger partial charge in [0.25, 0.3) is 0 Å². The van der Waals surface area contributed by atoms with Crippen molar-refractivity contribution >= 4 is 40.3 Å². The molecule has 2 aromatic rings. The Labute approximate surface area is 183 Å². The summed E-state index contributed by atoms with van der Waals surface area (Å²) in [5, 5.41) is 6.84. The topological polar surface area (TPSA) is 78.0 Å². The molecule has 9 heteroatoms. The quantitative estimate of drug-likeness (QED) is 0.674. The fourth-order valence-corrected chi connectivity index (χ4v) is 4.09. The Bertz CT molecular complexity index is 1120. The van der Waals surface area contributed by atoms with E-state index in [0.29, 0.717) is 11.4 Å². The third kappa shape index (κ3) is 3.77. The predicted octanol–water partition coefficient (Wildman–Crippen LogP) is 3.85. The smallest absolute Gasteiger partial charge is 0.168 e. The highest BCUT2D eigenvalue weighted by molar-refractivity contribution is 6.46. The van der Waals surface area contributed by atoms with Gasteiger partial charge in [-0.1, -0.05) is 17.7 Å². The van der Waals surface area contributed by atoms with Crippen molar-refractivity contribution in [3.8, 4) is 0 Å². The Balaban J connectivity index is 1.58. The number of rotatable bonds is 3. The van der Waals surface area contributed by atoms with Crippen LogP contribution in [-0.4, -0.2) is 36.8 Å². The molecule has 6 nitrogen and oxygen atoms in total. The van der Waals surface area contributed by atoms with Crippen molar-refractivity contribution in [2.24, 2.45) is 15.7 Å². The van der Waals surface area contributed by atoms with Crippen molar-refractivity contribution in [2.75, 3.05) is 29.9 Å². The first-order chi connectivity index (χ1) is 15.0. The van der Waals surface area contributed by atoms with E-state index in [1.807, 2.05) is 18.2 Å². The van der Waals surface area contributed by atoms with Crippen LogP contribution in [0.1, 0.15) is 18.4 Å². The van der Waals surface area contributed by atoms with Gasteiger partial charge in [0.05, 0.1) is 22.0 Å². The average Bonchev–Trinajstić information content (AvgIpc) is 3.54. The number of hydrogen-bond donors (Lipinski definition) is 3. The largest absolute Gasteiger partial charge is 0.403 e. The molecule has 5 rings (SSSR count). The van der Waals surface area contributed by atoms with Gasteiger partial charge in [0.15, 0.2) is 11.7 Å². The predicted molar refractivity (Wildman–Crippen MR) is 120 cm³/mol. The summed E-state index contributed by atoms with van der Waals surface area (Å²) in [5.74, 6) is -1.47. The Morgan fingerprint density at radius 3 is 2.65 bits per heavy atom. The number of anilines is 2. The highest BCUT2D eigenvalue weighted by Gasteiger charge is 2.45. The van der Waals surface area contributed by atoms with Crippen molar-refractivity contribution in [3.05, 3.63) is 64.8 Å². The number of benzene rings is 2. The molecule has 2 aliphatic heterocycles. The first-order valence-corrected chi connectivity index (χ1v) is 10.5. The minimum atomic E-state index is -0.759. The van der Waals surface area contributed by atoms with E-state index >= 15 is 0 Å². The van der Waals surface area contributed by atoms with Crippen LogP contribution in [0, 0.1) is 11.6 Å². The first-order valence-electron chi connectivity index (χ1n) is 10.1. The van der Waals surface area contributed by atoms with Gasteiger partial charge in [-0.3, -0.25) is 0 Å². The second kappa shape index (κ2) is 7.62. The molecule has 3 aliphatic rings. The van der Waals surface area contributed by atoms with E-state index in [2.05, 4.69) is 25.5 Å². The van der Waals surface area contributed by atoms with Crippen molar-refractivity contribution < 1.29 is 8.78 Å². The Kier molecular flexibility index (Phi) is 4.91. The number of amidine groups is 2. The van der Waals surface area contributed by atoms with Crippen molar-refractivity contribution in [3.63, 3.8) is 0 Å². The van der Waals surface area contributed by atoms with E-state index < -0.39 is 11.6 Å². The van der Waals surface area contributed by atoms with Gasteiger partial charge in [0.1, 0.15) is 11.6 Å². The highest BCUT2D eigenvalue weighted by Crippen LogP contribution is 2.40. The Morgan fingerprint density at radius 1 is 1.16 bits per heavy atom. The number of nitrogens with two attached hydrogens (primary N) is 1. The lowest BCUT2D eigenvalue weighted by Crippen LogP contribution is -2.52. The van der Waals surface area contributed by atoms with Crippen LogP contribution in [0.2, 0.25) is 0 Å². The van der Waals surface area contributed by atoms with Gasteiger partial charge >= 0.3 is 0 Å². The number of hydrogen-bond acceptors (Lipinski definition) is 6. The normalized spacial score (nSPS) is 19.8. The molecule has 31 heavy (non-hydrogen) atoms. The molecular formula is C22H21ClF2N6. The van der Waals surface area contributed by atoms with Crippen LogP contribution >= 0.6 is 11.6 Å². The van der Waals surface area contributed by atoms with Crippen LogP contribution in [0.25, 0.3) is 0 Å².